The van der Waals surface area contributed by atoms with Crippen LogP contribution >= 0.6 is 0 Å². The lowest BCUT2D eigenvalue weighted by Gasteiger charge is -2.20. The van der Waals surface area contributed by atoms with Crippen LogP contribution in [-0.2, 0) is 14.3 Å². The lowest BCUT2D eigenvalue weighted by atomic mass is 10.0. The van der Waals surface area contributed by atoms with Crippen LogP contribution in [0, 0.1) is 0 Å². The molecular formula is C22H44O3. The lowest BCUT2D eigenvalue weighted by molar-refractivity contribution is -0.152. The Morgan fingerprint density at radius 3 is 1.48 bits per heavy atom. The Hall–Kier alpha value is -0.570. The van der Waals surface area contributed by atoms with Gasteiger partial charge in [-0.3, -0.25) is 4.79 Å². The van der Waals surface area contributed by atoms with E-state index >= 15 is 0 Å². The molecule has 0 aromatic rings. The molecule has 3 heteroatoms. The van der Waals surface area contributed by atoms with Gasteiger partial charge in [0.05, 0.1) is 6.10 Å². The predicted molar refractivity (Wildman–Crippen MR) is 107 cm³/mol. The number of ether oxygens (including phenoxy) is 2. The largest absolute Gasteiger partial charge is 0.460 e. The molecular weight excluding hydrogens is 312 g/mol. The minimum absolute atomic E-state index is 0.0223. The van der Waals surface area contributed by atoms with Gasteiger partial charge in [-0.05, 0) is 20.3 Å². The average Bonchev–Trinajstić information content (AvgIpc) is 2.57. The molecule has 2 unspecified atom stereocenters. The summed E-state index contributed by atoms with van der Waals surface area (Å²) in [6.45, 7) is 8.34. The van der Waals surface area contributed by atoms with Crippen molar-refractivity contribution in [3.63, 3.8) is 0 Å². The first-order chi connectivity index (χ1) is 12.1. The van der Waals surface area contributed by atoms with Crippen molar-refractivity contribution in [3.8, 4) is 0 Å². The maximum Gasteiger partial charge on any atom is 0.302 e. The maximum atomic E-state index is 10.9. The summed E-state index contributed by atoms with van der Waals surface area (Å²) in [5.41, 5.74) is 0. The zero-order valence-electron chi connectivity index (χ0n) is 17.5. The number of carbonyl (C=O) groups excluding carboxylic acids is 1. The molecule has 0 aromatic carbocycles. The van der Waals surface area contributed by atoms with E-state index in [-0.39, 0.29) is 18.2 Å². The summed E-state index contributed by atoms with van der Waals surface area (Å²) in [4.78, 5) is 10.9. The van der Waals surface area contributed by atoms with E-state index in [0.29, 0.717) is 0 Å². The Bertz CT molecular complexity index is 291. The van der Waals surface area contributed by atoms with E-state index in [9.17, 15) is 4.79 Å². The van der Waals surface area contributed by atoms with Crippen molar-refractivity contribution < 1.29 is 14.3 Å². The van der Waals surface area contributed by atoms with Crippen LogP contribution in [0.15, 0.2) is 0 Å². The summed E-state index contributed by atoms with van der Waals surface area (Å²) in [6.07, 6.45) is 19.0. The highest BCUT2D eigenvalue weighted by atomic mass is 16.6. The quantitative estimate of drug-likeness (QED) is 0.199. The molecule has 0 fully saturated rings. The second-order valence-electron chi connectivity index (χ2n) is 7.49. The SMILES string of the molecule is CCCCCCCCCCCCCCCCOC(C)C(C)OC(C)=O. The van der Waals surface area contributed by atoms with Crippen LogP contribution in [0.25, 0.3) is 0 Å². The van der Waals surface area contributed by atoms with Crippen molar-refractivity contribution in [3.05, 3.63) is 0 Å². The molecule has 0 N–H and O–H groups in total. The standard InChI is InChI=1S/C22H44O3/c1-5-6-7-8-9-10-11-12-13-14-15-16-17-18-19-24-20(2)21(3)25-22(4)23/h20-21H,5-19H2,1-4H3. The summed E-state index contributed by atoms with van der Waals surface area (Å²) in [5.74, 6) is -0.237. The number of carbonyl (C=O) groups is 1. The molecule has 0 aliphatic carbocycles. The first kappa shape index (κ1) is 24.4. The van der Waals surface area contributed by atoms with Crippen molar-refractivity contribution in [2.24, 2.45) is 0 Å². The second kappa shape index (κ2) is 18.2. The molecule has 2 atom stereocenters. The van der Waals surface area contributed by atoms with Crippen molar-refractivity contribution in [1.82, 2.24) is 0 Å². The molecule has 3 nitrogen and oxygen atoms in total. The topological polar surface area (TPSA) is 35.5 Å². The van der Waals surface area contributed by atoms with Gasteiger partial charge in [0.25, 0.3) is 0 Å². The van der Waals surface area contributed by atoms with Crippen molar-refractivity contribution in [2.75, 3.05) is 6.61 Å². The van der Waals surface area contributed by atoms with E-state index in [1.165, 1.54) is 90.4 Å². The fourth-order valence-electron chi connectivity index (χ4n) is 3.06. The Morgan fingerprint density at radius 2 is 1.08 bits per heavy atom. The molecule has 0 spiro atoms. The van der Waals surface area contributed by atoms with Gasteiger partial charge in [0.1, 0.15) is 6.10 Å². The number of unbranched alkanes of at least 4 members (excludes halogenated alkanes) is 13. The Morgan fingerprint density at radius 1 is 0.680 bits per heavy atom. The monoisotopic (exact) mass is 356 g/mol. The van der Waals surface area contributed by atoms with Gasteiger partial charge in [-0.1, -0.05) is 90.4 Å². The highest BCUT2D eigenvalue weighted by molar-refractivity contribution is 5.66. The third kappa shape index (κ3) is 18.0. The molecule has 0 aromatic heterocycles. The predicted octanol–water partition coefficient (Wildman–Crippen LogP) is 6.82. The number of rotatable bonds is 18. The van der Waals surface area contributed by atoms with Gasteiger partial charge in [0.2, 0.25) is 0 Å². The molecule has 0 saturated heterocycles. The molecule has 0 rings (SSSR count). The molecule has 0 aliphatic heterocycles. The fraction of sp³-hybridized carbons (Fsp3) is 0.955. The first-order valence-electron chi connectivity index (χ1n) is 10.9. The fourth-order valence-corrected chi connectivity index (χ4v) is 3.06. The van der Waals surface area contributed by atoms with Crippen LogP contribution in [0.2, 0.25) is 0 Å². The lowest BCUT2D eigenvalue weighted by Crippen LogP contribution is -2.28. The summed E-state index contributed by atoms with van der Waals surface area (Å²) in [5, 5.41) is 0. The van der Waals surface area contributed by atoms with E-state index in [2.05, 4.69) is 6.92 Å². The normalized spacial score (nSPS) is 13.6. The van der Waals surface area contributed by atoms with E-state index in [0.717, 1.165) is 13.0 Å². The van der Waals surface area contributed by atoms with E-state index in [1.807, 2.05) is 13.8 Å². The van der Waals surface area contributed by atoms with E-state index in [1.54, 1.807) is 0 Å². The second-order valence-corrected chi connectivity index (χ2v) is 7.49. The van der Waals surface area contributed by atoms with Gasteiger partial charge in [-0.25, -0.2) is 0 Å². The van der Waals surface area contributed by atoms with Crippen LogP contribution < -0.4 is 0 Å². The van der Waals surface area contributed by atoms with Crippen LogP contribution in [0.4, 0.5) is 0 Å². The third-order valence-corrected chi connectivity index (χ3v) is 4.89. The Kier molecular flexibility index (Phi) is 17.8. The molecule has 150 valence electrons. The average molecular weight is 357 g/mol. The molecule has 0 saturated carbocycles. The van der Waals surface area contributed by atoms with Crippen molar-refractivity contribution in [1.29, 1.82) is 0 Å². The first-order valence-corrected chi connectivity index (χ1v) is 10.9. The summed E-state index contributed by atoms with van der Waals surface area (Å²) < 4.78 is 10.9. The van der Waals surface area contributed by atoms with Crippen LogP contribution in [0.5, 0.6) is 0 Å². The van der Waals surface area contributed by atoms with Gasteiger partial charge < -0.3 is 9.47 Å². The summed E-state index contributed by atoms with van der Waals surface area (Å²) in [7, 11) is 0. The zero-order valence-corrected chi connectivity index (χ0v) is 17.5. The van der Waals surface area contributed by atoms with Gasteiger partial charge in [-0.2, -0.15) is 0 Å². The third-order valence-electron chi connectivity index (χ3n) is 4.89. The van der Waals surface area contributed by atoms with Crippen LogP contribution in [-0.4, -0.2) is 24.8 Å². The molecule has 0 bridgehead atoms. The molecule has 0 aliphatic rings. The smallest absolute Gasteiger partial charge is 0.302 e. The maximum absolute atomic E-state index is 10.9. The Labute approximate surface area is 157 Å². The van der Waals surface area contributed by atoms with Crippen LogP contribution in [0.1, 0.15) is 118 Å². The van der Waals surface area contributed by atoms with E-state index < -0.39 is 0 Å². The molecule has 0 radical (unpaired) electrons. The van der Waals surface area contributed by atoms with Gasteiger partial charge in [0, 0.05) is 13.5 Å². The van der Waals surface area contributed by atoms with E-state index in [4.69, 9.17) is 9.47 Å². The van der Waals surface area contributed by atoms with Crippen molar-refractivity contribution >= 4 is 5.97 Å². The van der Waals surface area contributed by atoms with Gasteiger partial charge >= 0.3 is 5.97 Å². The number of hydrogen-bond donors (Lipinski definition) is 0. The number of esters is 1. The van der Waals surface area contributed by atoms with Gasteiger partial charge in [-0.15, -0.1) is 0 Å². The molecule has 0 amide bonds. The molecule has 25 heavy (non-hydrogen) atoms. The van der Waals surface area contributed by atoms with Crippen molar-refractivity contribution in [2.45, 2.75) is 130 Å². The highest BCUT2D eigenvalue weighted by Crippen LogP contribution is 2.13. The minimum atomic E-state index is -0.237. The zero-order chi connectivity index (χ0) is 18.8. The highest BCUT2D eigenvalue weighted by Gasteiger charge is 2.14. The van der Waals surface area contributed by atoms with Gasteiger partial charge in [0.15, 0.2) is 0 Å². The number of hydrogen-bond acceptors (Lipinski definition) is 3. The summed E-state index contributed by atoms with van der Waals surface area (Å²) >= 11 is 0. The minimum Gasteiger partial charge on any atom is -0.460 e. The molecule has 0 heterocycles. The summed E-state index contributed by atoms with van der Waals surface area (Å²) in [6, 6.07) is 0. The van der Waals surface area contributed by atoms with Crippen LogP contribution in [0.3, 0.4) is 0 Å². The Balaban J connectivity index is 3.20.